The Hall–Kier alpha value is -3.92. The number of benzene rings is 2. The Labute approximate surface area is 175 Å². The van der Waals surface area contributed by atoms with E-state index in [9.17, 15) is 0 Å². The van der Waals surface area contributed by atoms with Gasteiger partial charge in [-0.05, 0) is 48.4 Å². The second-order valence-corrected chi connectivity index (χ2v) is 6.91. The second kappa shape index (κ2) is 8.21. The molecule has 4 rings (SSSR count). The molecule has 2 heterocycles. The molecule has 7 nitrogen and oxygen atoms in total. The van der Waals surface area contributed by atoms with Gasteiger partial charge in [-0.2, -0.15) is 10.4 Å². The maximum Gasteiger partial charge on any atom is 0.164 e. The summed E-state index contributed by atoms with van der Waals surface area (Å²) in [5.74, 6) is 2.17. The lowest BCUT2D eigenvalue weighted by Crippen LogP contribution is -2.05. The van der Waals surface area contributed by atoms with Crippen molar-refractivity contribution < 1.29 is 4.74 Å². The van der Waals surface area contributed by atoms with Crippen molar-refractivity contribution in [3.05, 3.63) is 65.4 Å². The Kier molecular flexibility index (Phi) is 5.31. The van der Waals surface area contributed by atoms with Crippen molar-refractivity contribution in [1.82, 2.24) is 19.7 Å². The average Bonchev–Trinajstić information content (AvgIpc) is 3.13. The Morgan fingerprint density at radius 3 is 2.43 bits per heavy atom. The maximum atomic E-state index is 9.05. The highest BCUT2D eigenvalue weighted by Crippen LogP contribution is 2.28. The third kappa shape index (κ3) is 3.67. The summed E-state index contributed by atoms with van der Waals surface area (Å²) in [5.41, 5.74) is 4.30. The Bertz CT molecular complexity index is 1220. The molecule has 0 spiro atoms. The summed E-state index contributed by atoms with van der Waals surface area (Å²) < 4.78 is 7.02. The first kappa shape index (κ1) is 19.4. The summed E-state index contributed by atoms with van der Waals surface area (Å²) >= 11 is 0. The van der Waals surface area contributed by atoms with Crippen molar-refractivity contribution in [2.75, 3.05) is 12.4 Å². The molecule has 0 bridgehead atoms. The van der Waals surface area contributed by atoms with E-state index in [1.807, 2.05) is 43.4 Å². The summed E-state index contributed by atoms with van der Waals surface area (Å²) in [7, 11) is 3.55. The van der Waals surface area contributed by atoms with Gasteiger partial charge in [-0.3, -0.25) is 0 Å². The molecule has 0 aliphatic rings. The smallest absolute Gasteiger partial charge is 0.164 e. The van der Waals surface area contributed by atoms with E-state index in [1.165, 1.54) is 0 Å². The monoisotopic (exact) mass is 398 g/mol. The molecule has 0 saturated heterocycles. The molecule has 7 heteroatoms. The number of rotatable bonds is 6. The van der Waals surface area contributed by atoms with Gasteiger partial charge in [0.2, 0.25) is 0 Å². The van der Waals surface area contributed by atoms with Crippen LogP contribution in [-0.4, -0.2) is 26.9 Å². The van der Waals surface area contributed by atoms with E-state index in [1.54, 1.807) is 23.9 Å². The molecular weight excluding hydrogens is 376 g/mol. The molecule has 0 atom stereocenters. The molecule has 0 saturated carbocycles. The van der Waals surface area contributed by atoms with Crippen LogP contribution < -0.4 is 10.1 Å². The normalized spacial score (nSPS) is 10.7. The van der Waals surface area contributed by atoms with Crippen LogP contribution in [0.25, 0.3) is 22.4 Å². The summed E-state index contributed by atoms with van der Waals surface area (Å²) in [4.78, 5) is 9.57. The van der Waals surface area contributed by atoms with Gasteiger partial charge in [-0.25, -0.2) is 14.6 Å². The number of fused-ring (bicyclic) bond motifs is 1. The van der Waals surface area contributed by atoms with Crippen molar-refractivity contribution in [1.29, 1.82) is 5.26 Å². The number of ether oxygens (including phenoxy) is 1. The van der Waals surface area contributed by atoms with Crippen LogP contribution in [0.1, 0.15) is 23.7 Å². The SMILES string of the molecule is CCc1nn(C)c2nc(-c3ccc(C#N)cc3)nc(NCc3ccc(OC)cc3)c12. The van der Waals surface area contributed by atoms with E-state index < -0.39 is 0 Å². The maximum absolute atomic E-state index is 9.05. The van der Waals surface area contributed by atoms with Crippen LogP contribution in [0.3, 0.4) is 0 Å². The fourth-order valence-corrected chi connectivity index (χ4v) is 3.35. The Balaban J connectivity index is 1.75. The molecule has 0 aliphatic carbocycles. The van der Waals surface area contributed by atoms with Crippen LogP contribution in [0.2, 0.25) is 0 Å². The van der Waals surface area contributed by atoms with Gasteiger partial charge in [0.1, 0.15) is 11.6 Å². The fourth-order valence-electron chi connectivity index (χ4n) is 3.35. The number of hydrogen-bond donors (Lipinski definition) is 1. The summed E-state index contributed by atoms with van der Waals surface area (Å²) in [6, 6.07) is 17.3. The van der Waals surface area contributed by atoms with Crippen molar-refractivity contribution in [2.24, 2.45) is 7.05 Å². The van der Waals surface area contributed by atoms with Crippen LogP contribution in [0, 0.1) is 11.3 Å². The molecule has 0 fully saturated rings. The molecular formula is C23H22N6O. The number of anilines is 1. The van der Waals surface area contributed by atoms with Crippen LogP contribution in [0.15, 0.2) is 48.5 Å². The van der Waals surface area contributed by atoms with Gasteiger partial charge in [0.25, 0.3) is 0 Å². The number of methoxy groups -OCH3 is 1. The zero-order chi connectivity index (χ0) is 21.1. The molecule has 0 amide bonds. The molecule has 2 aromatic heterocycles. The zero-order valence-corrected chi connectivity index (χ0v) is 17.2. The average molecular weight is 398 g/mol. The van der Waals surface area contributed by atoms with Gasteiger partial charge < -0.3 is 10.1 Å². The molecule has 1 N–H and O–H groups in total. The number of aromatic nitrogens is 4. The van der Waals surface area contributed by atoms with E-state index in [0.717, 1.165) is 45.8 Å². The van der Waals surface area contributed by atoms with Gasteiger partial charge >= 0.3 is 0 Å². The Morgan fingerprint density at radius 2 is 1.80 bits per heavy atom. The predicted octanol–water partition coefficient (Wildman–Crippen LogP) is 4.09. The second-order valence-electron chi connectivity index (χ2n) is 6.91. The van der Waals surface area contributed by atoms with E-state index in [0.29, 0.717) is 17.9 Å². The highest BCUT2D eigenvalue weighted by atomic mass is 16.5. The molecule has 0 aliphatic heterocycles. The number of nitriles is 1. The number of nitrogens with zero attached hydrogens (tertiary/aromatic N) is 5. The van der Waals surface area contributed by atoms with Gasteiger partial charge in [0.15, 0.2) is 11.5 Å². The predicted molar refractivity (Wildman–Crippen MR) is 116 cm³/mol. The standard InChI is InChI=1S/C23H22N6O/c1-4-19-20-22(25-14-16-7-11-18(30-3)12-8-16)26-21(27-23(20)29(2)28-19)17-9-5-15(13-24)6-10-17/h5-12H,4,14H2,1-3H3,(H,25,26,27). The van der Waals surface area contributed by atoms with Gasteiger partial charge in [0.05, 0.1) is 29.8 Å². The lowest BCUT2D eigenvalue weighted by atomic mass is 10.1. The van der Waals surface area contributed by atoms with Crippen molar-refractivity contribution in [2.45, 2.75) is 19.9 Å². The third-order valence-corrected chi connectivity index (χ3v) is 4.98. The van der Waals surface area contributed by atoms with Crippen LogP contribution in [-0.2, 0) is 20.0 Å². The largest absolute Gasteiger partial charge is 0.497 e. The topological polar surface area (TPSA) is 88.7 Å². The van der Waals surface area contributed by atoms with E-state index in [4.69, 9.17) is 20.0 Å². The quantitative estimate of drug-likeness (QED) is 0.526. The summed E-state index contributed by atoms with van der Waals surface area (Å²) in [6.07, 6.45) is 0.786. The lowest BCUT2D eigenvalue weighted by Gasteiger charge is -2.11. The minimum Gasteiger partial charge on any atom is -0.497 e. The molecule has 4 aromatic rings. The number of hydrogen-bond acceptors (Lipinski definition) is 6. The molecule has 2 aromatic carbocycles. The fraction of sp³-hybridized carbons (Fsp3) is 0.217. The van der Waals surface area contributed by atoms with Gasteiger partial charge in [-0.15, -0.1) is 0 Å². The van der Waals surface area contributed by atoms with Crippen LogP contribution in [0.5, 0.6) is 5.75 Å². The van der Waals surface area contributed by atoms with Crippen LogP contribution >= 0.6 is 0 Å². The Morgan fingerprint density at radius 1 is 1.07 bits per heavy atom. The first-order valence-corrected chi connectivity index (χ1v) is 9.74. The first-order valence-electron chi connectivity index (χ1n) is 9.74. The third-order valence-electron chi connectivity index (χ3n) is 4.98. The summed E-state index contributed by atoms with van der Waals surface area (Å²) in [6.45, 7) is 2.69. The minimum absolute atomic E-state index is 0.592. The molecule has 30 heavy (non-hydrogen) atoms. The highest BCUT2D eigenvalue weighted by Gasteiger charge is 2.17. The van der Waals surface area contributed by atoms with Gasteiger partial charge in [0, 0.05) is 19.2 Å². The molecule has 0 unspecified atom stereocenters. The van der Waals surface area contributed by atoms with Crippen LogP contribution in [0.4, 0.5) is 5.82 Å². The highest BCUT2D eigenvalue weighted by molar-refractivity contribution is 5.91. The number of nitrogens with one attached hydrogen (secondary N) is 1. The summed E-state index contributed by atoms with van der Waals surface area (Å²) in [5, 5.41) is 18.1. The first-order chi connectivity index (χ1) is 14.6. The minimum atomic E-state index is 0.592. The number of aryl methyl sites for hydroxylation is 2. The van der Waals surface area contributed by atoms with Crippen molar-refractivity contribution >= 4 is 16.9 Å². The molecule has 150 valence electrons. The molecule has 0 radical (unpaired) electrons. The lowest BCUT2D eigenvalue weighted by molar-refractivity contribution is 0.414. The van der Waals surface area contributed by atoms with Crippen molar-refractivity contribution in [3.8, 4) is 23.2 Å². The van der Waals surface area contributed by atoms with E-state index in [2.05, 4.69) is 23.4 Å². The van der Waals surface area contributed by atoms with E-state index in [-0.39, 0.29) is 0 Å². The zero-order valence-electron chi connectivity index (χ0n) is 17.2. The van der Waals surface area contributed by atoms with Gasteiger partial charge in [-0.1, -0.05) is 19.1 Å². The van der Waals surface area contributed by atoms with Crippen molar-refractivity contribution in [3.63, 3.8) is 0 Å². The van der Waals surface area contributed by atoms with E-state index >= 15 is 0 Å².